The Hall–Kier alpha value is 0.495. The maximum Gasteiger partial charge on any atom is 0.121 e. The molecule has 0 rings (SSSR count). The molecule has 0 aliphatic heterocycles. The third kappa shape index (κ3) is 2.49. The third-order valence-electron chi connectivity index (χ3n) is 0.236. The quantitative estimate of drug-likeness (QED) is 0.311. The highest BCUT2D eigenvalue weighted by molar-refractivity contribution is 7.20. The van der Waals surface area contributed by atoms with Crippen molar-refractivity contribution in [3.8, 4) is 0 Å². The minimum Gasteiger partial charge on any atom is -0.145 e. The molecule has 0 fully saturated rings. The topological polar surface area (TPSA) is 0 Å². The number of rotatable bonds is 1. The predicted molar refractivity (Wildman–Crippen MR) is 27.6 cm³/mol. The van der Waals surface area contributed by atoms with Gasteiger partial charge in [-0.15, -0.1) is 9.24 Å². The van der Waals surface area contributed by atoms with Crippen LogP contribution in [-0.2, 0) is 0 Å². The van der Waals surface area contributed by atoms with E-state index in [0.29, 0.717) is 0 Å². The zero-order valence-electron chi connectivity index (χ0n) is 3.86. The van der Waals surface area contributed by atoms with Crippen molar-refractivity contribution in [2.24, 2.45) is 0 Å². The van der Waals surface area contributed by atoms with Gasteiger partial charge >= 0.3 is 0 Å². The van der Waals surface area contributed by atoms with Crippen molar-refractivity contribution in [2.75, 3.05) is 6.06 Å². The summed E-state index contributed by atoms with van der Waals surface area (Å²) in [6.07, 6.45) is 0. The van der Waals surface area contributed by atoms with Crippen molar-refractivity contribution >= 4 is 16.5 Å². The van der Waals surface area contributed by atoms with Crippen molar-refractivity contribution in [1.82, 2.24) is 0 Å². The van der Waals surface area contributed by atoms with Crippen molar-refractivity contribution < 1.29 is 0 Å². The molecule has 0 bridgehead atoms. The van der Waals surface area contributed by atoms with Crippen molar-refractivity contribution in [1.29, 1.82) is 1.34 Å². The largest absolute Gasteiger partial charge is 0.145 e. The van der Waals surface area contributed by atoms with E-state index in [9.17, 15) is 0 Å². The summed E-state index contributed by atoms with van der Waals surface area (Å²) >= 11 is 0. The van der Waals surface area contributed by atoms with Gasteiger partial charge in [0.05, 0.1) is 0 Å². The Bertz CT molecular complexity index is 23.6. The van der Waals surface area contributed by atoms with Gasteiger partial charge in [0.25, 0.3) is 0 Å². The molecule has 0 amide bonds. The van der Waals surface area contributed by atoms with E-state index in [1.807, 2.05) is 6.82 Å². The van der Waals surface area contributed by atoms with E-state index in [2.05, 4.69) is 9.24 Å². The average molecular weight is 75.9 g/mol. The van der Waals surface area contributed by atoms with Crippen LogP contribution in [0.25, 0.3) is 0 Å². The van der Waals surface area contributed by atoms with Gasteiger partial charge in [0.1, 0.15) is 7.24 Å². The molecule has 4 heavy (non-hydrogen) atoms. The van der Waals surface area contributed by atoms with Crippen LogP contribution < -0.4 is 0 Å². The monoisotopic (exact) mass is 76.1 g/mol. The predicted octanol–water partition coefficient (Wildman–Crippen LogP) is 0.304. The molecule has 0 aromatic heterocycles. The SMILES string of the molecule is [3H]B(C)CP. The van der Waals surface area contributed by atoms with E-state index in [-0.39, 0.29) is 7.24 Å². The van der Waals surface area contributed by atoms with Gasteiger partial charge in [-0.3, -0.25) is 0 Å². The van der Waals surface area contributed by atoms with Gasteiger partial charge < -0.3 is 0 Å². The van der Waals surface area contributed by atoms with Crippen LogP contribution in [0, 0.1) is 0 Å². The molecule has 24 valence electrons. The van der Waals surface area contributed by atoms with Crippen molar-refractivity contribution in [3.63, 3.8) is 0 Å². The molecule has 0 aromatic rings. The van der Waals surface area contributed by atoms with Gasteiger partial charge in [-0.05, 0) is 1.34 Å². The molecule has 0 heterocycles. The molecule has 0 aromatic carbocycles. The van der Waals surface area contributed by atoms with Crippen LogP contribution in [-0.4, -0.2) is 14.6 Å². The normalized spacial score (nSPS) is 10.0. The Morgan fingerprint density at radius 1 is 2.50 bits per heavy atom. The fraction of sp³-hybridized carbons (Fsp3) is 1.00. The van der Waals surface area contributed by atoms with Gasteiger partial charge in [0.2, 0.25) is 0 Å². The second-order valence-corrected chi connectivity index (χ2v) is 1.12. The molecule has 0 spiro atoms. The Kier molecular flexibility index (Phi) is 2.37. The molecule has 2 heteroatoms. The highest BCUT2D eigenvalue weighted by Gasteiger charge is 1.61. The fourth-order valence-electron chi connectivity index (χ4n) is 0. The van der Waals surface area contributed by atoms with Gasteiger partial charge in [-0.2, -0.15) is 0 Å². The molecular formula is C2H8BP. The van der Waals surface area contributed by atoms with Crippen LogP contribution in [0.5, 0.6) is 0 Å². The first-order valence-corrected chi connectivity index (χ1v) is 2.21. The third-order valence-corrected chi connectivity index (χ3v) is 0.707. The van der Waals surface area contributed by atoms with Gasteiger partial charge in [0.15, 0.2) is 0 Å². The molecule has 0 saturated carbocycles. The van der Waals surface area contributed by atoms with Gasteiger partial charge in [0, 0.05) is 0 Å². The standard InChI is InChI=1S/C2H8BP/c1-3-2-4/h3H,2,4H2,1H3/i3T. The smallest absolute Gasteiger partial charge is 0.121 e. The molecule has 0 N–H and O–H groups in total. The Labute approximate surface area is 31.8 Å². The molecule has 1 unspecified atom stereocenters. The summed E-state index contributed by atoms with van der Waals surface area (Å²) in [5.41, 5.74) is 0. The molecule has 0 nitrogen and oxygen atoms in total. The van der Waals surface area contributed by atoms with Crippen molar-refractivity contribution in [2.45, 2.75) is 6.82 Å². The molecular weight excluding hydrogens is 65.8 g/mol. The minimum atomic E-state index is 0.0972. The summed E-state index contributed by atoms with van der Waals surface area (Å²) < 4.78 is 6.81. The first-order valence-electron chi connectivity index (χ1n) is 1.97. The van der Waals surface area contributed by atoms with Gasteiger partial charge in [-0.25, -0.2) is 0 Å². The summed E-state index contributed by atoms with van der Waals surface area (Å²) in [5, 5.41) is 0. The summed E-state index contributed by atoms with van der Waals surface area (Å²) in [7, 11) is 2.60. The van der Waals surface area contributed by atoms with Crippen molar-refractivity contribution in [3.05, 3.63) is 0 Å². The molecule has 0 aliphatic rings. The van der Waals surface area contributed by atoms with E-state index in [1.165, 1.54) is 0 Å². The highest BCUT2D eigenvalue weighted by atomic mass is 31.0. The molecule has 1 atom stereocenters. The first-order chi connectivity index (χ1) is 2.27. The van der Waals surface area contributed by atoms with Crippen LogP contribution in [0.2, 0.25) is 6.82 Å². The second-order valence-electron chi connectivity index (χ2n) is 0.644. The first kappa shape index (κ1) is 2.72. The van der Waals surface area contributed by atoms with Gasteiger partial charge in [-0.1, -0.05) is 12.9 Å². The summed E-state index contributed by atoms with van der Waals surface area (Å²) in [5.74, 6) is 0. The van der Waals surface area contributed by atoms with Crippen LogP contribution >= 0.6 is 9.24 Å². The summed E-state index contributed by atoms with van der Waals surface area (Å²) in [4.78, 5) is 0. The number of hydrogen-bond donors (Lipinski definition) is 0. The highest BCUT2D eigenvalue weighted by Crippen LogP contribution is 1.70. The molecule has 0 aliphatic carbocycles. The van der Waals surface area contributed by atoms with Crippen LogP contribution in [0.3, 0.4) is 0 Å². The van der Waals surface area contributed by atoms with Crippen LogP contribution in [0.1, 0.15) is 0 Å². The zero-order valence-corrected chi connectivity index (χ0v) is 4.02. The Morgan fingerprint density at radius 2 is 2.75 bits per heavy atom. The second kappa shape index (κ2) is 3.49. The fourth-order valence-corrected chi connectivity index (χ4v) is 0. The lowest BCUT2D eigenvalue weighted by atomic mass is 9.87. The van der Waals surface area contributed by atoms with E-state index in [1.54, 1.807) is 0 Å². The van der Waals surface area contributed by atoms with E-state index in [0.717, 1.165) is 6.06 Å². The van der Waals surface area contributed by atoms with E-state index < -0.39 is 0 Å². The van der Waals surface area contributed by atoms with E-state index >= 15 is 0 Å². The lowest BCUT2D eigenvalue weighted by Crippen LogP contribution is -1.75. The summed E-state index contributed by atoms with van der Waals surface area (Å²) in [6.45, 7) is 1.87. The maximum absolute atomic E-state index is 6.81. The van der Waals surface area contributed by atoms with Crippen LogP contribution in [0.4, 0.5) is 0 Å². The molecule has 0 saturated heterocycles. The zero-order chi connectivity index (χ0) is 4.28. The lowest BCUT2D eigenvalue weighted by molar-refractivity contribution is 2.07. The van der Waals surface area contributed by atoms with E-state index in [4.69, 9.17) is 1.34 Å². The average Bonchev–Trinajstić information content (AvgIpc) is 1.38. The van der Waals surface area contributed by atoms with Crippen LogP contribution in [0.15, 0.2) is 0 Å². The molecule has 0 radical (unpaired) electrons. The number of hydrogen-bond acceptors (Lipinski definition) is 0. The summed E-state index contributed by atoms with van der Waals surface area (Å²) in [6, 6.07) is 0.889. The minimum absolute atomic E-state index is 0.0972. The Morgan fingerprint density at radius 3 is 2.75 bits per heavy atom. The lowest BCUT2D eigenvalue weighted by Gasteiger charge is -1.63. The maximum atomic E-state index is 6.81. The Balaban J connectivity index is 2.54.